The summed E-state index contributed by atoms with van der Waals surface area (Å²) in [4.78, 5) is 4.22. The van der Waals surface area contributed by atoms with Crippen molar-refractivity contribution in [3.8, 4) is 0 Å². The second kappa shape index (κ2) is 6.26. The number of aryl methyl sites for hydroxylation is 1. The molecule has 0 bridgehead atoms. The van der Waals surface area contributed by atoms with Crippen molar-refractivity contribution in [2.24, 2.45) is 0 Å². The van der Waals surface area contributed by atoms with Crippen LogP contribution in [0.2, 0.25) is 0 Å². The van der Waals surface area contributed by atoms with Gasteiger partial charge >= 0.3 is 0 Å². The summed E-state index contributed by atoms with van der Waals surface area (Å²) in [6.07, 6.45) is 4.50. The molecule has 0 fully saturated rings. The van der Waals surface area contributed by atoms with Gasteiger partial charge in [0.1, 0.15) is 5.82 Å². The molecule has 1 unspecified atom stereocenters. The van der Waals surface area contributed by atoms with Gasteiger partial charge in [0.05, 0.1) is 4.47 Å². The van der Waals surface area contributed by atoms with Gasteiger partial charge in [0, 0.05) is 18.4 Å². The molecule has 1 heterocycles. The first-order valence-electron chi connectivity index (χ1n) is 6.13. The van der Waals surface area contributed by atoms with Crippen molar-refractivity contribution in [3.63, 3.8) is 0 Å². The molecule has 2 aromatic rings. The smallest absolute Gasteiger partial charge is 0.137 e. The van der Waals surface area contributed by atoms with Crippen LogP contribution < -0.4 is 5.32 Å². The minimum atomic E-state index is -0.234. The van der Waals surface area contributed by atoms with Crippen LogP contribution in [0.15, 0.2) is 41.1 Å². The molecule has 0 aliphatic carbocycles. The summed E-state index contributed by atoms with van der Waals surface area (Å²) in [7, 11) is 1.92. The summed E-state index contributed by atoms with van der Waals surface area (Å²) >= 11 is 3.22. The molecule has 4 heteroatoms. The molecule has 0 saturated carbocycles. The number of nitrogens with zero attached hydrogens (tertiary/aromatic N) is 1. The van der Waals surface area contributed by atoms with Crippen molar-refractivity contribution in [2.75, 3.05) is 7.05 Å². The third-order valence-electron chi connectivity index (χ3n) is 3.07. The molecule has 2 nitrogen and oxygen atoms in total. The highest BCUT2D eigenvalue weighted by atomic mass is 79.9. The number of benzene rings is 1. The fourth-order valence-corrected chi connectivity index (χ4v) is 2.48. The Balaban J connectivity index is 2.21. The molecule has 0 aliphatic heterocycles. The number of halogens is 2. The second-order valence-corrected chi connectivity index (χ2v) is 5.44. The molecule has 1 aromatic carbocycles. The average Bonchev–Trinajstić information content (AvgIpc) is 2.40. The molecular weight excluding hydrogens is 307 g/mol. The van der Waals surface area contributed by atoms with Crippen LogP contribution >= 0.6 is 15.9 Å². The van der Waals surface area contributed by atoms with Crippen molar-refractivity contribution >= 4 is 15.9 Å². The van der Waals surface area contributed by atoms with Gasteiger partial charge in [-0.15, -0.1) is 0 Å². The largest absolute Gasteiger partial charge is 0.313 e. The normalized spacial score (nSPS) is 12.4. The Kier molecular flexibility index (Phi) is 4.66. The number of nitrogens with one attached hydrogen (secondary N) is 1. The van der Waals surface area contributed by atoms with Crippen molar-refractivity contribution < 1.29 is 4.39 Å². The van der Waals surface area contributed by atoms with E-state index in [9.17, 15) is 4.39 Å². The maximum atomic E-state index is 13.2. The van der Waals surface area contributed by atoms with E-state index in [0.717, 1.165) is 23.1 Å². The summed E-state index contributed by atoms with van der Waals surface area (Å²) in [6, 6.07) is 7.41. The van der Waals surface area contributed by atoms with Crippen LogP contribution in [0.5, 0.6) is 0 Å². The highest BCUT2D eigenvalue weighted by molar-refractivity contribution is 9.10. The summed E-state index contributed by atoms with van der Waals surface area (Å²) in [5, 5.41) is 3.28. The van der Waals surface area contributed by atoms with Crippen LogP contribution in [0.25, 0.3) is 0 Å². The molecule has 1 aromatic heterocycles. The van der Waals surface area contributed by atoms with E-state index in [2.05, 4.69) is 32.3 Å². The van der Waals surface area contributed by atoms with Gasteiger partial charge in [0.25, 0.3) is 0 Å². The Morgan fingerprint density at radius 2 is 2.11 bits per heavy atom. The van der Waals surface area contributed by atoms with Crippen molar-refractivity contribution in [1.29, 1.82) is 0 Å². The molecule has 2 rings (SSSR count). The first-order valence-corrected chi connectivity index (χ1v) is 6.92. The van der Waals surface area contributed by atoms with E-state index in [1.165, 1.54) is 6.07 Å². The molecule has 100 valence electrons. The lowest BCUT2D eigenvalue weighted by atomic mass is 9.99. The Morgan fingerprint density at radius 1 is 1.32 bits per heavy atom. The zero-order valence-electron chi connectivity index (χ0n) is 11.0. The van der Waals surface area contributed by atoms with Crippen LogP contribution in [0, 0.1) is 12.7 Å². The molecule has 19 heavy (non-hydrogen) atoms. The fraction of sp³-hybridized carbons (Fsp3) is 0.267. The predicted molar refractivity (Wildman–Crippen MR) is 78.6 cm³/mol. The highest BCUT2D eigenvalue weighted by Crippen LogP contribution is 2.22. The van der Waals surface area contributed by atoms with E-state index in [1.807, 2.05) is 38.5 Å². The van der Waals surface area contributed by atoms with Crippen molar-refractivity contribution in [1.82, 2.24) is 10.3 Å². The molecule has 0 amide bonds. The molecule has 0 aliphatic rings. The van der Waals surface area contributed by atoms with Crippen LogP contribution in [0.4, 0.5) is 4.39 Å². The fourth-order valence-electron chi connectivity index (χ4n) is 2.06. The monoisotopic (exact) mass is 322 g/mol. The first kappa shape index (κ1) is 14.2. The zero-order chi connectivity index (χ0) is 13.8. The van der Waals surface area contributed by atoms with Crippen LogP contribution in [0.1, 0.15) is 22.7 Å². The van der Waals surface area contributed by atoms with E-state index in [-0.39, 0.29) is 11.9 Å². The Labute approximate surface area is 121 Å². The first-order chi connectivity index (χ1) is 9.10. The quantitative estimate of drug-likeness (QED) is 0.926. The van der Waals surface area contributed by atoms with Crippen LogP contribution in [-0.2, 0) is 6.42 Å². The van der Waals surface area contributed by atoms with Gasteiger partial charge in [0.15, 0.2) is 0 Å². The van der Waals surface area contributed by atoms with Gasteiger partial charge in [-0.25, -0.2) is 4.39 Å². The molecule has 0 spiro atoms. The Hall–Kier alpha value is -1.26. The van der Waals surface area contributed by atoms with Crippen LogP contribution in [0.3, 0.4) is 0 Å². The molecule has 0 radical (unpaired) electrons. The third kappa shape index (κ3) is 3.61. The summed E-state index contributed by atoms with van der Waals surface area (Å²) in [5.74, 6) is -0.234. The standard InChI is InChI=1S/C15H16BrFN2/c1-10-5-12(9-19-8-10)15(18-2)7-11-3-4-14(17)13(16)6-11/h3-6,8-9,15,18H,7H2,1-2H3. The van der Waals surface area contributed by atoms with E-state index in [4.69, 9.17) is 0 Å². The Morgan fingerprint density at radius 3 is 2.74 bits per heavy atom. The SMILES string of the molecule is CNC(Cc1ccc(F)c(Br)c1)c1cncc(C)c1. The predicted octanol–water partition coefficient (Wildman–Crippen LogP) is 3.79. The van der Waals surface area contributed by atoms with E-state index >= 15 is 0 Å². The zero-order valence-corrected chi connectivity index (χ0v) is 12.5. The lowest BCUT2D eigenvalue weighted by molar-refractivity contribution is 0.585. The number of hydrogen-bond donors (Lipinski definition) is 1. The maximum absolute atomic E-state index is 13.2. The number of hydrogen-bond acceptors (Lipinski definition) is 2. The molecule has 1 N–H and O–H groups in total. The number of rotatable bonds is 4. The molecule has 1 atom stereocenters. The van der Waals surface area contributed by atoms with E-state index in [1.54, 1.807) is 0 Å². The van der Waals surface area contributed by atoms with Crippen molar-refractivity contribution in [3.05, 3.63) is 63.6 Å². The molecule has 0 saturated heterocycles. The van der Waals surface area contributed by atoms with Gasteiger partial charge in [-0.05, 0) is 65.1 Å². The van der Waals surface area contributed by atoms with Crippen molar-refractivity contribution in [2.45, 2.75) is 19.4 Å². The van der Waals surface area contributed by atoms with E-state index in [0.29, 0.717) is 4.47 Å². The summed E-state index contributed by atoms with van der Waals surface area (Å²) < 4.78 is 13.7. The maximum Gasteiger partial charge on any atom is 0.137 e. The van der Waals surface area contributed by atoms with Crippen LogP contribution in [-0.4, -0.2) is 12.0 Å². The van der Waals surface area contributed by atoms with Gasteiger partial charge in [-0.1, -0.05) is 12.1 Å². The minimum absolute atomic E-state index is 0.171. The number of pyridine rings is 1. The topological polar surface area (TPSA) is 24.9 Å². The number of likely N-dealkylation sites (N-methyl/N-ethyl adjacent to an activating group) is 1. The number of aromatic nitrogens is 1. The third-order valence-corrected chi connectivity index (χ3v) is 3.68. The highest BCUT2D eigenvalue weighted by Gasteiger charge is 2.11. The minimum Gasteiger partial charge on any atom is -0.313 e. The van der Waals surface area contributed by atoms with E-state index < -0.39 is 0 Å². The van der Waals surface area contributed by atoms with Gasteiger partial charge in [0.2, 0.25) is 0 Å². The average molecular weight is 323 g/mol. The summed E-state index contributed by atoms with van der Waals surface area (Å²) in [6.45, 7) is 2.03. The van der Waals surface area contributed by atoms with Gasteiger partial charge in [-0.2, -0.15) is 0 Å². The summed E-state index contributed by atoms with van der Waals surface area (Å²) in [5.41, 5.74) is 3.36. The van der Waals surface area contributed by atoms with Gasteiger partial charge < -0.3 is 5.32 Å². The van der Waals surface area contributed by atoms with Gasteiger partial charge in [-0.3, -0.25) is 4.98 Å². The lowest BCUT2D eigenvalue weighted by Gasteiger charge is -2.17. The molecular formula is C15H16BrFN2. The second-order valence-electron chi connectivity index (χ2n) is 4.59. The lowest BCUT2D eigenvalue weighted by Crippen LogP contribution is -2.19. The Bertz CT molecular complexity index is 572.